The van der Waals surface area contributed by atoms with Gasteiger partial charge in [-0.15, -0.1) is 0 Å². The summed E-state index contributed by atoms with van der Waals surface area (Å²) in [7, 11) is 0. The highest BCUT2D eigenvalue weighted by Gasteiger charge is 2.23. The molecule has 0 saturated carbocycles. The average molecular weight is 352 g/mol. The van der Waals surface area contributed by atoms with Gasteiger partial charge >= 0.3 is 0 Å². The molecule has 0 fully saturated rings. The highest BCUT2D eigenvalue weighted by Crippen LogP contribution is 2.27. The Morgan fingerprint density at radius 2 is 1.88 bits per heavy atom. The molecule has 0 saturated heterocycles. The number of nitrogens with zero attached hydrogens (tertiary/aromatic N) is 1. The predicted molar refractivity (Wildman–Crippen MR) is 102 cm³/mol. The second-order valence-electron chi connectivity index (χ2n) is 6.24. The smallest absolute Gasteiger partial charge is 0.251 e. The molecule has 26 heavy (non-hydrogen) atoms. The van der Waals surface area contributed by atoms with Gasteiger partial charge in [-0.2, -0.15) is 0 Å². The Morgan fingerprint density at radius 1 is 1.12 bits per heavy atom. The number of carbonyl (C=O) groups is 2. The van der Waals surface area contributed by atoms with Gasteiger partial charge in [-0.05, 0) is 55.7 Å². The Labute approximate surface area is 154 Å². The third-order valence-corrected chi connectivity index (χ3v) is 4.47. The summed E-state index contributed by atoms with van der Waals surface area (Å²) >= 11 is 0. The molecule has 0 aliphatic carbocycles. The van der Waals surface area contributed by atoms with Gasteiger partial charge in [0, 0.05) is 30.8 Å². The lowest BCUT2D eigenvalue weighted by Gasteiger charge is -2.17. The molecule has 2 aromatic rings. The number of hydrogen-bond donors (Lipinski definition) is 1. The number of ether oxygens (including phenoxy) is 1. The molecule has 1 heterocycles. The minimum atomic E-state index is -0.132. The maximum atomic E-state index is 12.4. The van der Waals surface area contributed by atoms with Crippen LogP contribution in [0.1, 0.15) is 35.7 Å². The van der Waals surface area contributed by atoms with Crippen LogP contribution in [-0.4, -0.2) is 31.5 Å². The summed E-state index contributed by atoms with van der Waals surface area (Å²) in [6, 6.07) is 15.1. The van der Waals surface area contributed by atoms with Crippen molar-refractivity contribution in [2.24, 2.45) is 0 Å². The molecule has 0 atom stereocenters. The molecule has 1 aliphatic rings. The second-order valence-corrected chi connectivity index (χ2v) is 6.24. The molecule has 1 aliphatic heterocycles. The van der Waals surface area contributed by atoms with E-state index in [1.54, 1.807) is 24.3 Å². The van der Waals surface area contributed by atoms with Crippen molar-refractivity contribution in [3.05, 3.63) is 59.7 Å². The number of amides is 2. The first kappa shape index (κ1) is 18.0. The van der Waals surface area contributed by atoms with E-state index in [0.29, 0.717) is 31.6 Å². The lowest BCUT2D eigenvalue weighted by Crippen LogP contribution is -2.30. The van der Waals surface area contributed by atoms with Crippen molar-refractivity contribution in [1.82, 2.24) is 5.32 Å². The lowest BCUT2D eigenvalue weighted by molar-refractivity contribution is -0.118. The van der Waals surface area contributed by atoms with Gasteiger partial charge in [-0.1, -0.05) is 18.2 Å². The summed E-state index contributed by atoms with van der Waals surface area (Å²) in [6.45, 7) is 3.74. The summed E-state index contributed by atoms with van der Waals surface area (Å²) in [5, 5.41) is 2.87. The van der Waals surface area contributed by atoms with E-state index >= 15 is 0 Å². The number of fused-ring (bicyclic) bond motifs is 1. The first-order valence-corrected chi connectivity index (χ1v) is 9.08. The van der Waals surface area contributed by atoms with Crippen LogP contribution < -0.4 is 15.0 Å². The topological polar surface area (TPSA) is 58.6 Å². The van der Waals surface area contributed by atoms with E-state index in [1.807, 2.05) is 30.0 Å². The Balaban J connectivity index is 1.42. The number of para-hydroxylation sites is 1. The van der Waals surface area contributed by atoms with Gasteiger partial charge in [0.1, 0.15) is 5.75 Å². The zero-order valence-corrected chi connectivity index (χ0v) is 15.0. The van der Waals surface area contributed by atoms with Crippen LogP contribution in [0.25, 0.3) is 0 Å². The minimum absolute atomic E-state index is 0.116. The van der Waals surface area contributed by atoms with Crippen LogP contribution in [0.5, 0.6) is 5.75 Å². The molecule has 0 aromatic heterocycles. The summed E-state index contributed by atoms with van der Waals surface area (Å²) in [5.41, 5.74) is 2.84. The minimum Gasteiger partial charge on any atom is -0.494 e. The van der Waals surface area contributed by atoms with Gasteiger partial charge in [-0.3, -0.25) is 9.59 Å². The maximum absolute atomic E-state index is 12.4. The van der Waals surface area contributed by atoms with Crippen LogP contribution in [0.4, 0.5) is 5.69 Å². The quantitative estimate of drug-likeness (QED) is 0.779. The van der Waals surface area contributed by atoms with E-state index < -0.39 is 0 Å². The van der Waals surface area contributed by atoms with Gasteiger partial charge in [-0.25, -0.2) is 0 Å². The molecule has 136 valence electrons. The van der Waals surface area contributed by atoms with Crippen LogP contribution in [-0.2, 0) is 11.2 Å². The number of carbonyl (C=O) groups excluding carboxylic acids is 2. The lowest BCUT2D eigenvalue weighted by atomic mass is 10.2. The van der Waals surface area contributed by atoms with Gasteiger partial charge in [0.2, 0.25) is 5.91 Å². The largest absolute Gasteiger partial charge is 0.494 e. The standard InChI is InChI=1S/C21H24N2O3/c1-2-26-18-11-9-17(10-12-18)21(25)22-14-5-8-20(24)23-15-13-16-6-3-4-7-19(16)23/h3-4,6-7,9-12H,2,5,8,13-15H2,1H3,(H,22,25). The molecule has 3 rings (SSSR count). The number of anilines is 1. The molecule has 1 N–H and O–H groups in total. The van der Waals surface area contributed by atoms with E-state index in [4.69, 9.17) is 4.74 Å². The summed E-state index contributed by atoms with van der Waals surface area (Å²) in [5.74, 6) is 0.734. The highest BCUT2D eigenvalue weighted by molar-refractivity contribution is 5.96. The molecule has 2 aromatic carbocycles. The fourth-order valence-electron chi connectivity index (χ4n) is 3.15. The van der Waals surface area contributed by atoms with E-state index in [9.17, 15) is 9.59 Å². The van der Waals surface area contributed by atoms with Gasteiger partial charge in [0.25, 0.3) is 5.91 Å². The van der Waals surface area contributed by atoms with Crippen molar-refractivity contribution in [3.8, 4) is 5.75 Å². The Bertz CT molecular complexity index is 771. The maximum Gasteiger partial charge on any atom is 0.251 e. The number of nitrogens with one attached hydrogen (secondary N) is 1. The average Bonchev–Trinajstić information content (AvgIpc) is 3.10. The summed E-state index contributed by atoms with van der Waals surface area (Å²) in [6.07, 6.45) is 1.97. The van der Waals surface area contributed by atoms with E-state index in [-0.39, 0.29) is 11.8 Å². The molecular weight excluding hydrogens is 328 g/mol. The van der Waals surface area contributed by atoms with Crippen molar-refractivity contribution < 1.29 is 14.3 Å². The fourth-order valence-corrected chi connectivity index (χ4v) is 3.15. The zero-order chi connectivity index (χ0) is 18.4. The van der Waals surface area contributed by atoms with Crippen LogP contribution in [0.15, 0.2) is 48.5 Å². The summed E-state index contributed by atoms with van der Waals surface area (Å²) in [4.78, 5) is 26.4. The molecular formula is C21H24N2O3. The van der Waals surface area contributed by atoms with E-state index in [0.717, 1.165) is 24.4 Å². The Kier molecular flexibility index (Phi) is 5.89. The van der Waals surface area contributed by atoms with Crippen molar-refractivity contribution in [2.75, 3.05) is 24.6 Å². The first-order chi connectivity index (χ1) is 12.7. The number of rotatable bonds is 7. The molecule has 2 amide bonds. The molecule has 0 bridgehead atoms. The first-order valence-electron chi connectivity index (χ1n) is 9.08. The van der Waals surface area contributed by atoms with E-state index in [1.165, 1.54) is 5.56 Å². The Morgan fingerprint density at radius 3 is 2.65 bits per heavy atom. The van der Waals surface area contributed by atoms with Crippen molar-refractivity contribution in [2.45, 2.75) is 26.2 Å². The normalized spacial score (nSPS) is 12.6. The molecule has 0 spiro atoms. The van der Waals surface area contributed by atoms with Crippen molar-refractivity contribution in [3.63, 3.8) is 0 Å². The van der Waals surface area contributed by atoms with Crippen LogP contribution in [0, 0.1) is 0 Å². The van der Waals surface area contributed by atoms with Gasteiger partial charge < -0.3 is 15.0 Å². The monoisotopic (exact) mass is 352 g/mol. The number of benzene rings is 2. The van der Waals surface area contributed by atoms with Gasteiger partial charge in [0.05, 0.1) is 6.61 Å². The Hall–Kier alpha value is -2.82. The second kappa shape index (κ2) is 8.52. The van der Waals surface area contributed by atoms with Crippen LogP contribution >= 0.6 is 0 Å². The fraction of sp³-hybridized carbons (Fsp3) is 0.333. The highest BCUT2D eigenvalue weighted by atomic mass is 16.5. The van der Waals surface area contributed by atoms with Crippen molar-refractivity contribution in [1.29, 1.82) is 0 Å². The predicted octanol–water partition coefficient (Wildman–Crippen LogP) is 3.18. The molecule has 5 nitrogen and oxygen atoms in total. The third-order valence-electron chi connectivity index (χ3n) is 4.47. The molecule has 5 heteroatoms. The molecule has 0 unspecified atom stereocenters. The molecule has 0 radical (unpaired) electrons. The van der Waals surface area contributed by atoms with E-state index in [2.05, 4.69) is 11.4 Å². The number of hydrogen-bond acceptors (Lipinski definition) is 3. The van der Waals surface area contributed by atoms with Crippen molar-refractivity contribution >= 4 is 17.5 Å². The van der Waals surface area contributed by atoms with Gasteiger partial charge in [0.15, 0.2) is 0 Å². The van der Waals surface area contributed by atoms with Crippen LogP contribution in [0.3, 0.4) is 0 Å². The third kappa shape index (κ3) is 4.23. The summed E-state index contributed by atoms with van der Waals surface area (Å²) < 4.78 is 5.37. The zero-order valence-electron chi connectivity index (χ0n) is 15.0. The SMILES string of the molecule is CCOc1ccc(C(=O)NCCCC(=O)N2CCc3ccccc32)cc1. The van der Waals surface area contributed by atoms with Crippen LogP contribution in [0.2, 0.25) is 0 Å².